The Morgan fingerprint density at radius 1 is 1.44 bits per heavy atom. The molecule has 1 saturated heterocycles. The highest BCUT2D eigenvalue weighted by atomic mass is 35.5. The van der Waals surface area contributed by atoms with Crippen molar-refractivity contribution in [3.05, 3.63) is 29.1 Å². The standard InChI is InChI=1S/C11H11ClN2O2/c12-7-1-2-8-10(5-7)16-11(14-8)9-6-15-4-3-13-9/h1-2,5,9,13H,3-4,6H2. The van der Waals surface area contributed by atoms with Crippen LogP contribution in [0.15, 0.2) is 22.6 Å². The van der Waals surface area contributed by atoms with Crippen LogP contribution in [0.1, 0.15) is 11.9 Å². The highest BCUT2D eigenvalue weighted by Gasteiger charge is 2.20. The summed E-state index contributed by atoms with van der Waals surface area (Å²) in [6, 6.07) is 5.48. The number of fused-ring (bicyclic) bond motifs is 1. The molecule has 0 saturated carbocycles. The van der Waals surface area contributed by atoms with Crippen molar-refractivity contribution in [3.63, 3.8) is 0 Å². The van der Waals surface area contributed by atoms with E-state index >= 15 is 0 Å². The fourth-order valence-corrected chi connectivity index (χ4v) is 1.95. The van der Waals surface area contributed by atoms with Crippen molar-refractivity contribution in [1.82, 2.24) is 10.3 Å². The Bertz CT molecular complexity index is 506. The first-order chi connectivity index (χ1) is 7.83. The van der Waals surface area contributed by atoms with Crippen molar-refractivity contribution in [2.75, 3.05) is 19.8 Å². The fourth-order valence-electron chi connectivity index (χ4n) is 1.79. The number of nitrogens with one attached hydrogen (secondary N) is 1. The number of nitrogens with zero attached hydrogens (tertiary/aromatic N) is 1. The van der Waals surface area contributed by atoms with Gasteiger partial charge in [0, 0.05) is 17.6 Å². The molecule has 84 valence electrons. The maximum Gasteiger partial charge on any atom is 0.215 e. The lowest BCUT2D eigenvalue weighted by Gasteiger charge is -2.20. The van der Waals surface area contributed by atoms with Crippen molar-refractivity contribution in [2.45, 2.75) is 6.04 Å². The lowest BCUT2D eigenvalue weighted by Crippen LogP contribution is -2.34. The van der Waals surface area contributed by atoms with Gasteiger partial charge in [-0.25, -0.2) is 4.98 Å². The van der Waals surface area contributed by atoms with Crippen LogP contribution in [0.25, 0.3) is 11.1 Å². The first kappa shape index (κ1) is 10.1. The summed E-state index contributed by atoms with van der Waals surface area (Å²) in [5.74, 6) is 0.664. The number of oxazole rings is 1. The SMILES string of the molecule is Clc1ccc2nc(C3COCCN3)oc2c1. The molecular weight excluding hydrogens is 228 g/mol. The number of hydrogen-bond donors (Lipinski definition) is 1. The summed E-state index contributed by atoms with van der Waals surface area (Å²) < 4.78 is 11.0. The summed E-state index contributed by atoms with van der Waals surface area (Å²) in [5, 5.41) is 3.95. The van der Waals surface area contributed by atoms with E-state index in [1.165, 1.54) is 0 Å². The molecule has 3 rings (SSSR count). The van der Waals surface area contributed by atoms with Crippen molar-refractivity contribution in [1.29, 1.82) is 0 Å². The first-order valence-corrected chi connectivity index (χ1v) is 5.58. The molecule has 0 amide bonds. The zero-order chi connectivity index (χ0) is 11.0. The number of benzene rings is 1. The summed E-state index contributed by atoms with van der Waals surface area (Å²) in [7, 11) is 0. The van der Waals surface area contributed by atoms with Gasteiger partial charge in [0.2, 0.25) is 5.89 Å². The molecule has 2 aromatic rings. The molecule has 0 aliphatic carbocycles. The van der Waals surface area contributed by atoms with E-state index in [1.54, 1.807) is 12.1 Å². The Morgan fingerprint density at radius 2 is 2.38 bits per heavy atom. The second-order valence-corrected chi connectivity index (χ2v) is 4.18. The van der Waals surface area contributed by atoms with E-state index in [0.29, 0.717) is 17.5 Å². The van der Waals surface area contributed by atoms with Gasteiger partial charge in [0.15, 0.2) is 5.58 Å². The minimum Gasteiger partial charge on any atom is -0.439 e. The zero-order valence-electron chi connectivity index (χ0n) is 8.57. The average molecular weight is 239 g/mol. The zero-order valence-corrected chi connectivity index (χ0v) is 9.33. The normalized spacial score (nSPS) is 21.4. The Labute approximate surface area is 97.5 Å². The largest absolute Gasteiger partial charge is 0.439 e. The number of morpholine rings is 1. The van der Waals surface area contributed by atoms with E-state index < -0.39 is 0 Å². The molecular formula is C11H11ClN2O2. The quantitative estimate of drug-likeness (QED) is 0.827. The van der Waals surface area contributed by atoms with Gasteiger partial charge in [-0.1, -0.05) is 11.6 Å². The molecule has 1 aromatic carbocycles. The topological polar surface area (TPSA) is 47.3 Å². The molecule has 0 bridgehead atoms. The minimum absolute atomic E-state index is 0.0416. The molecule has 0 spiro atoms. The van der Waals surface area contributed by atoms with Gasteiger partial charge >= 0.3 is 0 Å². The van der Waals surface area contributed by atoms with E-state index in [9.17, 15) is 0 Å². The molecule has 0 radical (unpaired) electrons. The van der Waals surface area contributed by atoms with Gasteiger partial charge in [0.1, 0.15) is 11.6 Å². The molecule has 4 nitrogen and oxygen atoms in total. The molecule has 1 aromatic heterocycles. The van der Waals surface area contributed by atoms with Crippen LogP contribution in [0, 0.1) is 0 Å². The molecule has 16 heavy (non-hydrogen) atoms. The Hall–Kier alpha value is -1.10. The number of aromatic nitrogens is 1. The van der Waals surface area contributed by atoms with Crippen molar-refractivity contribution < 1.29 is 9.15 Å². The van der Waals surface area contributed by atoms with Crippen LogP contribution >= 0.6 is 11.6 Å². The van der Waals surface area contributed by atoms with E-state index in [-0.39, 0.29) is 6.04 Å². The Balaban J connectivity index is 1.97. The fraction of sp³-hybridized carbons (Fsp3) is 0.364. The Kier molecular flexibility index (Phi) is 2.55. The lowest BCUT2D eigenvalue weighted by atomic mass is 10.3. The molecule has 1 aliphatic rings. The van der Waals surface area contributed by atoms with Gasteiger partial charge in [0.25, 0.3) is 0 Å². The van der Waals surface area contributed by atoms with Crippen molar-refractivity contribution in [3.8, 4) is 0 Å². The predicted molar refractivity (Wildman–Crippen MR) is 60.6 cm³/mol. The molecule has 2 heterocycles. The minimum atomic E-state index is 0.0416. The van der Waals surface area contributed by atoms with Gasteiger partial charge in [0.05, 0.1) is 13.2 Å². The maximum absolute atomic E-state index is 5.89. The van der Waals surface area contributed by atoms with Crippen molar-refractivity contribution >= 4 is 22.7 Å². The predicted octanol–water partition coefficient (Wildman–Crippen LogP) is 2.14. The summed E-state index contributed by atoms with van der Waals surface area (Å²) in [5.41, 5.74) is 1.54. The van der Waals surface area contributed by atoms with E-state index in [0.717, 1.165) is 24.3 Å². The molecule has 1 atom stereocenters. The molecule has 1 unspecified atom stereocenters. The van der Waals surface area contributed by atoms with Gasteiger partial charge in [-0.2, -0.15) is 0 Å². The van der Waals surface area contributed by atoms with Crippen molar-refractivity contribution in [2.24, 2.45) is 0 Å². The third kappa shape index (κ3) is 1.80. The molecule has 5 heteroatoms. The van der Waals surface area contributed by atoms with Crippen LogP contribution in [0.3, 0.4) is 0 Å². The van der Waals surface area contributed by atoms with Crippen LogP contribution in [0.2, 0.25) is 5.02 Å². The molecule has 1 aliphatic heterocycles. The van der Waals surface area contributed by atoms with E-state index in [1.807, 2.05) is 6.07 Å². The second kappa shape index (κ2) is 4.05. The van der Waals surface area contributed by atoms with Crippen LogP contribution in [-0.2, 0) is 4.74 Å². The third-order valence-electron chi connectivity index (χ3n) is 2.59. The monoisotopic (exact) mass is 238 g/mol. The van der Waals surface area contributed by atoms with Crippen LogP contribution in [-0.4, -0.2) is 24.7 Å². The second-order valence-electron chi connectivity index (χ2n) is 3.75. The maximum atomic E-state index is 5.89. The summed E-state index contributed by atoms with van der Waals surface area (Å²) in [6.45, 7) is 2.16. The van der Waals surface area contributed by atoms with E-state index in [4.69, 9.17) is 20.8 Å². The highest BCUT2D eigenvalue weighted by Crippen LogP contribution is 2.24. The van der Waals surface area contributed by atoms with Gasteiger partial charge in [-0.3, -0.25) is 0 Å². The molecule has 1 fully saturated rings. The van der Waals surface area contributed by atoms with Crippen LogP contribution in [0.4, 0.5) is 0 Å². The average Bonchev–Trinajstić information content (AvgIpc) is 2.73. The van der Waals surface area contributed by atoms with Gasteiger partial charge in [-0.15, -0.1) is 0 Å². The summed E-state index contributed by atoms with van der Waals surface area (Å²) in [6.07, 6.45) is 0. The number of hydrogen-bond acceptors (Lipinski definition) is 4. The smallest absolute Gasteiger partial charge is 0.215 e. The summed E-state index contributed by atoms with van der Waals surface area (Å²) >= 11 is 5.89. The number of halogens is 1. The number of rotatable bonds is 1. The highest BCUT2D eigenvalue weighted by molar-refractivity contribution is 6.31. The summed E-state index contributed by atoms with van der Waals surface area (Å²) in [4.78, 5) is 4.41. The van der Waals surface area contributed by atoms with Gasteiger partial charge in [-0.05, 0) is 12.1 Å². The van der Waals surface area contributed by atoms with Crippen LogP contribution in [0.5, 0.6) is 0 Å². The number of ether oxygens (including phenoxy) is 1. The van der Waals surface area contributed by atoms with Crippen LogP contribution < -0.4 is 5.32 Å². The third-order valence-corrected chi connectivity index (χ3v) is 2.82. The first-order valence-electron chi connectivity index (χ1n) is 5.20. The van der Waals surface area contributed by atoms with E-state index in [2.05, 4.69) is 10.3 Å². The molecule has 1 N–H and O–H groups in total. The lowest BCUT2D eigenvalue weighted by molar-refractivity contribution is 0.0687. The Morgan fingerprint density at radius 3 is 3.19 bits per heavy atom. The van der Waals surface area contributed by atoms with Gasteiger partial charge < -0.3 is 14.5 Å².